The minimum atomic E-state index is -0.0592. The van der Waals surface area contributed by atoms with Crippen LogP contribution in [0, 0.1) is 11.8 Å². The molecule has 1 fully saturated rings. The highest BCUT2D eigenvalue weighted by Gasteiger charge is 2.34. The second kappa shape index (κ2) is 5.10. The Labute approximate surface area is 103 Å². The highest BCUT2D eigenvalue weighted by Crippen LogP contribution is 2.24. The number of carbonyl (C=O) groups is 1. The molecule has 0 aliphatic carbocycles. The van der Waals surface area contributed by atoms with Crippen LogP contribution < -0.4 is 10.6 Å². The fourth-order valence-corrected chi connectivity index (χ4v) is 2.80. The summed E-state index contributed by atoms with van der Waals surface area (Å²) < 4.78 is 0. The summed E-state index contributed by atoms with van der Waals surface area (Å²) in [5.74, 6) is 0.425. The Kier molecular flexibility index (Phi) is 3.74. The normalized spacial score (nSPS) is 31.8. The number of carbonyl (C=O) groups excluding carboxylic acids is 1. The van der Waals surface area contributed by atoms with Crippen LogP contribution in [-0.2, 0) is 4.79 Å². The van der Waals surface area contributed by atoms with Crippen molar-refractivity contribution in [1.29, 1.82) is 0 Å². The van der Waals surface area contributed by atoms with Crippen molar-refractivity contribution in [3.8, 4) is 0 Å². The largest absolute Gasteiger partial charge is 0.314 e. The molecule has 4 nitrogen and oxygen atoms in total. The number of hydrogen-bond donors (Lipinski definition) is 2. The molecule has 2 heterocycles. The first kappa shape index (κ1) is 12.5. The van der Waals surface area contributed by atoms with Gasteiger partial charge in [0.1, 0.15) is 0 Å². The Hall–Kier alpha value is -1.00. The lowest BCUT2D eigenvalue weighted by Gasteiger charge is -2.34. The maximum atomic E-state index is 12.1. The van der Waals surface area contributed by atoms with E-state index in [0.29, 0.717) is 6.04 Å². The van der Waals surface area contributed by atoms with Crippen molar-refractivity contribution in [2.24, 2.45) is 16.8 Å². The fraction of sp³-hybridized carbons (Fsp3) is 0.692. The van der Waals surface area contributed by atoms with Crippen LogP contribution in [0.25, 0.3) is 0 Å². The third-order valence-electron chi connectivity index (χ3n) is 3.69. The van der Waals surface area contributed by atoms with Gasteiger partial charge in [0.2, 0.25) is 0 Å². The molecular weight excluding hydrogens is 214 g/mol. The molecule has 0 aromatic carbocycles. The lowest BCUT2D eigenvalue weighted by molar-refractivity contribution is -0.117. The van der Waals surface area contributed by atoms with Gasteiger partial charge < -0.3 is 10.6 Å². The average molecular weight is 235 g/mol. The Balaban J connectivity index is 2.11. The molecular formula is C13H21N3O. The second-order valence-corrected chi connectivity index (χ2v) is 5.04. The average Bonchev–Trinajstić information content (AvgIpc) is 2.28. The van der Waals surface area contributed by atoms with Crippen molar-refractivity contribution >= 4 is 11.5 Å². The summed E-state index contributed by atoms with van der Waals surface area (Å²) in [6.07, 6.45) is 1.67. The van der Waals surface area contributed by atoms with Crippen LogP contribution in [0.3, 0.4) is 0 Å². The molecule has 0 aromatic rings. The molecule has 0 amide bonds. The molecule has 0 bridgehead atoms. The van der Waals surface area contributed by atoms with E-state index in [4.69, 9.17) is 0 Å². The van der Waals surface area contributed by atoms with Gasteiger partial charge >= 0.3 is 0 Å². The van der Waals surface area contributed by atoms with Gasteiger partial charge in [0.15, 0.2) is 5.78 Å². The number of hydrogen-bond acceptors (Lipinski definition) is 4. The van der Waals surface area contributed by atoms with Crippen molar-refractivity contribution in [2.75, 3.05) is 19.6 Å². The highest BCUT2D eigenvalue weighted by atomic mass is 16.1. The van der Waals surface area contributed by atoms with Crippen LogP contribution in [0.15, 0.2) is 16.8 Å². The van der Waals surface area contributed by atoms with Crippen molar-refractivity contribution in [3.05, 3.63) is 11.8 Å². The Morgan fingerprint density at radius 1 is 1.41 bits per heavy atom. The molecule has 1 saturated heterocycles. The third-order valence-corrected chi connectivity index (χ3v) is 3.69. The van der Waals surface area contributed by atoms with Crippen molar-refractivity contribution in [1.82, 2.24) is 10.6 Å². The molecule has 3 atom stereocenters. The molecule has 3 unspecified atom stereocenters. The van der Waals surface area contributed by atoms with Gasteiger partial charge in [-0.05, 0) is 19.8 Å². The summed E-state index contributed by atoms with van der Waals surface area (Å²) in [6, 6.07) is 0.356. The fourth-order valence-electron chi connectivity index (χ4n) is 2.80. The summed E-state index contributed by atoms with van der Waals surface area (Å²) in [7, 11) is 0. The van der Waals surface area contributed by atoms with Gasteiger partial charge in [-0.2, -0.15) is 0 Å². The molecule has 4 heteroatoms. The molecule has 0 saturated carbocycles. The van der Waals surface area contributed by atoms with Crippen LogP contribution in [0.5, 0.6) is 0 Å². The van der Waals surface area contributed by atoms with E-state index < -0.39 is 0 Å². The number of nitrogens with zero attached hydrogens (tertiary/aromatic N) is 1. The quantitative estimate of drug-likeness (QED) is 0.742. The number of piperazine rings is 1. The number of allylic oxidation sites excluding steroid dienone is 2. The van der Waals surface area contributed by atoms with Crippen LogP contribution in [-0.4, -0.2) is 37.2 Å². The van der Waals surface area contributed by atoms with Crippen LogP contribution >= 0.6 is 0 Å². The summed E-state index contributed by atoms with van der Waals surface area (Å²) >= 11 is 0. The van der Waals surface area contributed by atoms with Gasteiger partial charge in [-0.25, -0.2) is 0 Å². The zero-order valence-electron chi connectivity index (χ0n) is 10.8. The van der Waals surface area contributed by atoms with Crippen molar-refractivity contribution in [3.63, 3.8) is 0 Å². The smallest absolute Gasteiger partial charge is 0.166 e. The van der Waals surface area contributed by atoms with Crippen molar-refractivity contribution < 1.29 is 4.79 Å². The first-order chi connectivity index (χ1) is 8.09. The zero-order chi connectivity index (χ0) is 12.4. The van der Waals surface area contributed by atoms with E-state index in [-0.39, 0.29) is 17.6 Å². The maximum Gasteiger partial charge on any atom is 0.166 e. The van der Waals surface area contributed by atoms with E-state index in [2.05, 4.69) is 22.5 Å². The van der Waals surface area contributed by atoms with Gasteiger partial charge in [0.05, 0.1) is 5.92 Å². The van der Waals surface area contributed by atoms with Crippen LogP contribution in [0.2, 0.25) is 0 Å². The molecule has 2 aliphatic rings. The third kappa shape index (κ3) is 2.64. The Morgan fingerprint density at radius 3 is 2.76 bits per heavy atom. The molecule has 0 aromatic heterocycles. The zero-order valence-corrected chi connectivity index (χ0v) is 10.8. The number of rotatable bonds is 2. The summed E-state index contributed by atoms with van der Waals surface area (Å²) in [6.45, 7) is 8.89. The van der Waals surface area contributed by atoms with Crippen LogP contribution in [0.4, 0.5) is 0 Å². The van der Waals surface area contributed by atoms with E-state index in [0.717, 1.165) is 31.0 Å². The topological polar surface area (TPSA) is 53.5 Å². The highest BCUT2D eigenvalue weighted by molar-refractivity contribution is 6.11. The van der Waals surface area contributed by atoms with Gasteiger partial charge in [-0.15, -0.1) is 0 Å². The molecule has 2 aliphatic heterocycles. The van der Waals surface area contributed by atoms with Gasteiger partial charge in [-0.1, -0.05) is 6.92 Å². The maximum absolute atomic E-state index is 12.1. The van der Waals surface area contributed by atoms with Crippen molar-refractivity contribution in [2.45, 2.75) is 26.8 Å². The van der Waals surface area contributed by atoms with E-state index in [9.17, 15) is 4.79 Å². The van der Waals surface area contributed by atoms with E-state index >= 15 is 0 Å². The van der Waals surface area contributed by atoms with Gasteiger partial charge in [0, 0.05) is 43.2 Å². The molecule has 0 spiro atoms. The Bertz CT molecular complexity index is 367. The van der Waals surface area contributed by atoms with Crippen LogP contribution in [0.1, 0.15) is 20.8 Å². The second-order valence-electron chi connectivity index (χ2n) is 5.04. The molecule has 94 valence electrons. The van der Waals surface area contributed by atoms with Gasteiger partial charge in [0.25, 0.3) is 0 Å². The first-order valence-corrected chi connectivity index (χ1v) is 6.31. The van der Waals surface area contributed by atoms with E-state index in [1.54, 1.807) is 6.08 Å². The minimum absolute atomic E-state index is 0.0592. The minimum Gasteiger partial charge on any atom is -0.314 e. The lowest BCUT2D eigenvalue weighted by atomic mass is 9.80. The summed E-state index contributed by atoms with van der Waals surface area (Å²) in [5, 5.41) is 6.84. The predicted molar refractivity (Wildman–Crippen MR) is 69.2 cm³/mol. The molecule has 2 rings (SSSR count). The predicted octanol–water partition coefficient (Wildman–Crippen LogP) is 0.747. The molecule has 2 N–H and O–H groups in total. The molecule has 17 heavy (non-hydrogen) atoms. The van der Waals surface area contributed by atoms with E-state index in [1.165, 1.54) is 0 Å². The van der Waals surface area contributed by atoms with Gasteiger partial charge in [-0.3, -0.25) is 9.79 Å². The standard InChI is InChI=1S/C13H21N3O/c1-8-6-12(17)13(10(3)16-8)9(2)11-7-14-4-5-15-11/h6,9,11,13-15H,4-5,7H2,1-3H3. The SMILES string of the molecule is CC1=CC(=O)C(C(C)C2CNCCN2)C(C)=N1. The number of aliphatic imine (C=N–C) groups is 1. The summed E-state index contributed by atoms with van der Waals surface area (Å²) in [5.41, 5.74) is 1.78. The number of ketones is 1. The molecule has 0 radical (unpaired) electrons. The number of nitrogens with one attached hydrogen (secondary N) is 2. The summed E-state index contributed by atoms with van der Waals surface area (Å²) in [4.78, 5) is 16.5. The lowest BCUT2D eigenvalue weighted by Crippen LogP contribution is -2.54. The van der Waals surface area contributed by atoms with E-state index in [1.807, 2.05) is 13.8 Å². The monoisotopic (exact) mass is 235 g/mol. The first-order valence-electron chi connectivity index (χ1n) is 6.31. The Morgan fingerprint density at radius 2 is 2.18 bits per heavy atom.